The first-order valence-electron chi connectivity index (χ1n) is 5.71. The Kier molecular flexibility index (Phi) is 4.84. The van der Waals surface area contributed by atoms with Gasteiger partial charge in [0.1, 0.15) is 12.1 Å². The van der Waals surface area contributed by atoms with Gasteiger partial charge in [-0.15, -0.1) is 11.6 Å². The second-order valence-electron chi connectivity index (χ2n) is 4.37. The lowest BCUT2D eigenvalue weighted by Gasteiger charge is -2.16. The second kappa shape index (κ2) is 6.10. The van der Waals surface area contributed by atoms with Crippen molar-refractivity contribution in [3.05, 3.63) is 29.8 Å². The number of benzene rings is 1. The molecule has 4 nitrogen and oxygen atoms in total. The van der Waals surface area contributed by atoms with Crippen molar-refractivity contribution < 1.29 is 13.2 Å². The molecule has 8 heteroatoms. The summed E-state index contributed by atoms with van der Waals surface area (Å²) < 4.78 is 28.4. The van der Waals surface area contributed by atoms with Crippen LogP contribution >= 0.6 is 34.8 Å². The third-order valence-corrected chi connectivity index (χ3v) is 4.69. The molecule has 0 fully saturated rings. The summed E-state index contributed by atoms with van der Waals surface area (Å²) in [6.07, 6.45) is 0.749. The Labute approximate surface area is 132 Å². The van der Waals surface area contributed by atoms with Gasteiger partial charge in [-0.05, 0) is 17.7 Å². The quantitative estimate of drug-likeness (QED) is 0.779. The molecule has 2 atom stereocenters. The number of alkyl halides is 3. The molecule has 1 aliphatic heterocycles. The highest BCUT2D eigenvalue weighted by Gasteiger charge is 2.34. The van der Waals surface area contributed by atoms with Gasteiger partial charge in [-0.1, -0.05) is 35.3 Å². The lowest BCUT2D eigenvalue weighted by Crippen LogP contribution is -2.16. The number of hydrogen-bond donors (Lipinski definition) is 0. The van der Waals surface area contributed by atoms with Crippen LogP contribution in [-0.4, -0.2) is 37.3 Å². The molecule has 2 unspecified atom stereocenters. The number of sulfone groups is 1. The minimum atomic E-state index is -3.22. The van der Waals surface area contributed by atoms with E-state index in [4.69, 9.17) is 39.5 Å². The highest BCUT2D eigenvalue weighted by molar-refractivity contribution is 7.90. The molecule has 0 aliphatic carbocycles. The first-order chi connectivity index (χ1) is 9.32. The summed E-state index contributed by atoms with van der Waals surface area (Å²) in [5.41, 5.74) is 0.774. The smallest absolute Gasteiger partial charge is 0.218 e. The van der Waals surface area contributed by atoms with Crippen LogP contribution in [0.5, 0.6) is 0 Å². The van der Waals surface area contributed by atoms with Crippen molar-refractivity contribution >= 4 is 50.5 Å². The first-order valence-corrected chi connectivity index (χ1v) is 9.01. The van der Waals surface area contributed by atoms with Gasteiger partial charge in [0.15, 0.2) is 14.7 Å². The predicted octanol–water partition coefficient (Wildman–Crippen LogP) is 2.97. The van der Waals surface area contributed by atoms with Gasteiger partial charge < -0.3 is 4.74 Å². The van der Waals surface area contributed by atoms with Crippen LogP contribution in [0.15, 0.2) is 34.2 Å². The molecular formula is C12H12Cl3NO3S. The zero-order valence-corrected chi connectivity index (χ0v) is 13.5. The van der Waals surface area contributed by atoms with E-state index in [-0.39, 0.29) is 22.7 Å². The summed E-state index contributed by atoms with van der Waals surface area (Å²) in [7, 11) is -3.22. The molecule has 2 rings (SSSR count). The van der Waals surface area contributed by atoms with Crippen molar-refractivity contribution in [3.8, 4) is 0 Å². The van der Waals surface area contributed by atoms with Crippen molar-refractivity contribution in [2.75, 3.05) is 12.1 Å². The number of rotatable bonds is 4. The first kappa shape index (κ1) is 15.9. The highest BCUT2D eigenvalue weighted by Crippen LogP contribution is 2.32. The zero-order valence-electron chi connectivity index (χ0n) is 10.5. The van der Waals surface area contributed by atoms with E-state index < -0.39 is 20.8 Å². The van der Waals surface area contributed by atoms with Crippen LogP contribution in [0.25, 0.3) is 0 Å². The molecule has 0 saturated carbocycles. The minimum absolute atomic E-state index is 0.233. The summed E-state index contributed by atoms with van der Waals surface area (Å²) in [6.45, 7) is 0. The summed E-state index contributed by atoms with van der Waals surface area (Å²) in [6, 6.07) is 6.11. The molecular weight excluding hydrogens is 345 g/mol. The third-order valence-electron chi connectivity index (χ3n) is 2.87. The Morgan fingerprint density at radius 3 is 2.35 bits per heavy atom. The van der Waals surface area contributed by atoms with Gasteiger partial charge in [0.2, 0.25) is 5.90 Å². The van der Waals surface area contributed by atoms with Crippen LogP contribution in [0, 0.1) is 0 Å². The summed E-state index contributed by atoms with van der Waals surface area (Å²) in [5, 5.41) is 0. The Balaban J connectivity index is 2.25. The topological polar surface area (TPSA) is 55.7 Å². The maximum atomic E-state index is 11.4. The molecule has 0 N–H and O–H groups in total. The molecule has 110 valence electrons. The maximum absolute atomic E-state index is 11.4. The molecule has 20 heavy (non-hydrogen) atoms. The summed E-state index contributed by atoms with van der Waals surface area (Å²) in [5.74, 6) is 0.485. The number of halogens is 3. The van der Waals surface area contributed by atoms with E-state index in [2.05, 4.69) is 4.99 Å². The zero-order chi connectivity index (χ0) is 14.9. The Morgan fingerprint density at radius 2 is 1.90 bits per heavy atom. The van der Waals surface area contributed by atoms with E-state index in [1.54, 1.807) is 12.1 Å². The van der Waals surface area contributed by atoms with Gasteiger partial charge in [0, 0.05) is 12.1 Å². The fourth-order valence-electron chi connectivity index (χ4n) is 1.89. The summed E-state index contributed by atoms with van der Waals surface area (Å²) >= 11 is 17.3. The Hall–Kier alpha value is -0.490. The van der Waals surface area contributed by atoms with Gasteiger partial charge >= 0.3 is 0 Å². The monoisotopic (exact) mass is 355 g/mol. The number of hydrogen-bond acceptors (Lipinski definition) is 4. The van der Waals surface area contributed by atoms with E-state index >= 15 is 0 Å². The van der Waals surface area contributed by atoms with Gasteiger partial charge in [0.25, 0.3) is 0 Å². The normalized spacial score (nSPS) is 22.8. The van der Waals surface area contributed by atoms with Gasteiger partial charge in [0.05, 0.1) is 4.90 Å². The largest absolute Gasteiger partial charge is 0.468 e. The van der Waals surface area contributed by atoms with E-state index in [0.717, 1.165) is 11.8 Å². The molecule has 0 aromatic heterocycles. The van der Waals surface area contributed by atoms with Crippen molar-refractivity contribution in [1.29, 1.82) is 0 Å². The van der Waals surface area contributed by atoms with Crippen LogP contribution in [0.1, 0.15) is 11.7 Å². The van der Waals surface area contributed by atoms with Crippen LogP contribution in [0.4, 0.5) is 0 Å². The number of ether oxygens (including phenoxy) is 1. The average Bonchev–Trinajstić information content (AvgIpc) is 2.82. The predicted molar refractivity (Wildman–Crippen MR) is 80.8 cm³/mol. The van der Waals surface area contributed by atoms with Crippen LogP contribution < -0.4 is 0 Å². The van der Waals surface area contributed by atoms with E-state index in [0.29, 0.717) is 0 Å². The third kappa shape index (κ3) is 3.39. The van der Waals surface area contributed by atoms with Crippen LogP contribution in [0.3, 0.4) is 0 Å². The summed E-state index contributed by atoms with van der Waals surface area (Å²) in [4.78, 5) is 3.61. The second-order valence-corrected chi connectivity index (χ2v) is 7.79. The molecule has 0 spiro atoms. The lowest BCUT2D eigenvalue weighted by atomic mass is 10.0. The molecule has 1 aromatic carbocycles. The van der Waals surface area contributed by atoms with E-state index in [1.165, 1.54) is 12.1 Å². The minimum Gasteiger partial charge on any atom is -0.468 e. The average molecular weight is 357 g/mol. The van der Waals surface area contributed by atoms with Gasteiger partial charge in [-0.2, -0.15) is 0 Å². The molecule has 1 heterocycles. The van der Waals surface area contributed by atoms with Crippen LogP contribution in [-0.2, 0) is 14.6 Å². The fraction of sp³-hybridized carbons (Fsp3) is 0.417. The molecule has 0 bridgehead atoms. The molecule has 0 amide bonds. The Morgan fingerprint density at radius 1 is 1.30 bits per heavy atom. The molecule has 0 saturated heterocycles. The van der Waals surface area contributed by atoms with Crippen molar-refractivity contribution in [3.63, 3.8) is 0 Å². The van der Waals surface area contributed by atoms with Crippen molar-refractivity contribution in [1.82, 2.24) is 0 Å². The van der Waals surface area contributed by atoms with Gasteiger partial charge in [-0.3, -0.25) is 0 Å². The maximum Gasteiger partial charge on any atom is 0.218 e. The molecule has 0 radical (unpaired) electrons. The van der Waals surface area contributed by atoms with E-state index in [9.17, 15) is 8.42 Å². The number of aliphatic imine (C=N–C) groups is 1. The molecule has 1 aromatic rings. The SMILES string of the molecule is CS(=O)(=O)c1ccc(C2OC(C(Cl)Cl)=NC2CCl)cc1. The standard InChI is InChI=1S/C12H12Cl3NO3S/c1-20(17,18)8-4-2-7(3-5-8)10-9(6-13)16-12(19-10)11(14)15/h2-5,9-11H,6H2,1H3. The van der Waals surface area contributed by atoms with Crippen LogP contribution in [0.2, 0.25) is 0 Å². The van der Waals surface area contributed by atoms with Gasteiger partial charge in [-0.25, -0.2) is 13.4 Å². The lowest BCUT2D eigenvalue weighted by molar-refractivity contribution is 0.200. The van der Waals surface area contributed by atoms with Crippen molar-refractivity contribution in [2.45, 2.75) is 21.9 Å². The Bertz CT molecular complexity index is 613. The molecule has 1 aliphatic rings. The highest BCUT2D eigenvalue weighted by atomic mass is 35.5. The van der Waals surface area contributed by atoms with Crippen molar-refractivity contribution in [2.24, 2.45) is 4.99 Å². The van der Waals surface area contributed by atoms with E-state index in [1.807, 2.05) is 0 Å². The number of nitrogens with zero attached hydrogens (tertiary/aromatic N) is 1. The fourth-order valence-corrected chi connectivity index (χ4v) is 2.97.